The first-order chi connectivity index (χ1) is 15.2. The number of carbonyl (C=O) groups is 2. The fourth-order valence-corrected chi connectivity index (χ4v) is 3.63. The van der Waals surface area contributed by atoms with Gasteiger partial charge < -0.3 is 10.2 Å². The molecule has 0 saturated heterocycles. The predicted octanol–water partition coefficient (Wildman–Crippen LogP) is 3.03. The molecule has 4 aromatic rings. The third kappa shape index (κ3) is 3.51. The predicted molar refractivity (Wildman–Crippen MR) is 119 cm³/mol. The van der Waals surface area contributed by atoms with E-state index in [1.165, 1.54) is 15.4 Å². The zero-order valence-corrected chi connectivity index (χ0v) is 18.2. The van der Waals surface area contributed by atoms with Crippen LogP contribution in [0.15, 0.2) is 45.8 Å². The molecule has 0 atom stereocenters. The molecule has 0 aliphatic carbocycles. The highest BCUT2D eigenvalue weighted by Crippen LogP contribution is 2.24. The lowest BCUT2D eigenvalue weighted by Crippen LogP contribution is -2.28. The van der Waals surface area contributed by atoms with Crippen LogP contribution in [-0.4, -0.2) is 30.8 Å². The van der Waals surface area contributed by atoms with Gasteiger partial charge in [-0.05, 0) is 57.0 Å². The summed E-state index contributed by atoms with van der Waals surface area (Å²) in [5, 5.41) is 0. The van der Waals surface area contributed by atoms with E-state index in [2.05, 4.69) is 9.97 Å². The molecule has 0 bridgehead atoms. The maximum Gasteiger partial charge on any atom is 0.331 e. The standard InChI is InChI=1S/C23H23N5O4/c1-12(2)28-22-19(18(20(24)30)25-21(26-22)17-6-5-9-32-17)27(23(28)31)11-16(29)15-8-7-13(3)14(4)10-15/h5-10,12H,11H2,1-4H3,(H2,24,30). The highest BCUT2D eigenvalue weighted by Gasteiger charge is 2.26. The van der Waals surface area contributed by atoms with Crippen LogP contribution in [-0.2, 0) is 6.54 Å². The molecule has 9 heteroatoms. The Balaban J connectivity index is 1.95. The molecule has 164 valence electrons. The van der Waals surface area contributed by atoms with Gasteiger partial charge in [0, 0.05) is 11.6 Å². The second-order valence-corrected chi connectivity index (χ2v) is 7.96. The summed E-state index contributed by atoms with van der Waals surface area (Å²) in [5.74, 6) is -0.651. The highest BCUT2D eigenvalue weighted by molar-refractivity contribution is 6.03. The number of benzene rings is 1. The number of ketones is 1. The lowest BCUT2D eigenvalue weighted by molar-refractivity contribution is 0.0966. The molecule has 1 aromatic carbocycles. The maximum atomic E-state index is 13.3. The monoisotopic (exact) mass is 433 g/mol. The first-order valence-electron chi connectivity index (χ1n) is 10.2. The molecule has 2 N–H and O–H groups in total. The van der Waals surface area contributed by atoms with Crippen LogP contribution in [0.2, 0.25) is 0 Å². The van der Waals surface area contributed by atoms with Crippen molar-refractivity contribution in [1.29, 1.82) is 0 Å². The van der Waals surface area contributed by atoms with Crippen LogP contribution in [0.4, 0.5) is 0 Å². The average Bonchev–Trinajstić information content (AvgIpc) is 3.36. The number of nitrogens with zero attached hydrogens (tertiary/aromatic N) is 4. The van der Waals surface area contributed by atoms with Gasteiger partial charge in [-0.25, -0.2) is 14.8 Å². The third-order valence-electron chi connectivity index (χ3n) is 5.42. The third-order valence-corrected chi connectivity index (χ3v) is 5.42. The number of hydrogen-bond donors (Lipinski definition) is 1. The summed E-state index contributed by atoms with van der Waals surface area (Å²) in [6.07, 6.45) is 1.45. The molecule has 32 heavy (non-hydrogen) atoms. The first-order valence-corrected chi connectivity index (χ1v) is 10.2. The van der Waals surface area contributed by atoms with Gasteiger partial charge in [0.25, 0.3) is 5.91 Å². The highest BCUT2D eigenvalue weighted by atomic mass is 16.3. The number of Topliss-reactive ketones (excluding diaryl/α,β-unsaturated/α-hetero) is 1. The molecule has 1 amide bonds. The number of primary amides is 1. The van der Waals surface area contributed by atoms with E-state index in [0.29, 0.717) is 11.3 Å². The molecule has 3 heterocycles. The fraction of sp³-hybridized carbons (Fsp3) is 0.261. The van der Waals surface area contributed by atoms with E-state index in [1.807, 2.05) is 33.8 Å². The maximum absolute atomic E-state index is 13.3. The lowest BCUT2D eigenvalue weighted by Gasteiger charge is -2.08. The van der Waals surface area contributed by atoms with Crippen molar-refractivity contribution in [3.05, 3.63) is 69.5 Å². The van der Waals surface area contributed by atoms with Gasteiger partial charge in [-0.1, -0.05) is 12.1 Å². The number of carbonyl (C=O) groups excluding carboxylic acids is 2. The molecular formula is C23H23N5O4. The van der Waals surface area contributed by atoms with E-state index in [0.717, 1.165) is 11.1 Å². The Morgan fingerprint density at radius 2 is 1.88 bits per heavy atom. The summed E-state index contributed by atoms with van der Waals surface area (Å²) >= 11 is 0. The van der Waals surface area contributed by atoms with Crippen molar-refractivity contribution in [2.75, 3.05) is 0 Å². The number of hydrogen-bond acceptors (Lipinski definition) is 6. The van der Waals surface area contributed by atoms with Gasteiger partial charge in [0.2, 0.25) is 0 Å². The summed E-state index contributed by atoms with van der Waals surface area (Å²) in [7, 11) is 0. The Morgan fingerprint density at radius 1 is 1.12 bits per heavy atom. The van der Waals surface area contributed by atoms with Crippen molar-refractivity contribution in [3.63, 3.8) is 0 Å². The molecule has 0 aliphatic heterocycles. The van der Waals surface area contributed by atoms with Crippen molar-refractivity contribution in [3.8, 4) is 11.6 Å². The summed E-state index contributed by atoms with van der Waals surface area (Å²) in [6.45, 7) is 7.22. The SMILES string of the molecule is Cc1ccc(C(=O)Cn2c(=O)n(C(C)C)c3nc(-c4ccco4)nc(C(N)=O)c32)cc1C. The van der Waals surface area contributed by atoms with E-state index < -0.39 is 11.6 Å². The number of imidazole rings is 1. The Hall–Kier alpha value is -4.01. The first kappa shape index (κ1) is 21.2. The van der Waals surface area contributed by atoms with Crippen LogP contribution >= 0.6 is 0 Å². The van der Waals surface area contributed by atoms with Crippen LogP contribution in [0.25, 0.3) is 22.7 Å². The van der Waals surface area contributed by atoms with Crippen LogP contribution in [0.1, 0.15) is 51.9 Å². The van der Waals surface area contributed by atoms with Crippen LogP contribution in [0.3, 0.4) is 0 Å². The number of amides is 1. The minimum Gasteiger partial charge on any atom is -0.461 e. The quantitative estimate of drug-likeness (QED) is 0.466. The summed E-state index contributed by atoms with van der Waals surface area (Å²) in [5.41, 5.74) is 7.84. The van der Waals surface area contributed by atoms with Gasteiger partial charge in [-0.15, -0.1) is 0 Å². The molecule has 0 spiro atoms. The Kier molecular flexibility index (Phi) is 5.25. The van der Waals surface area contributed by atoms with Crippen LogP contribution in [0.5, 0.6) is 0 Å². The zero-order chi connectivity index (χ0) is 23.2. The largest absolute Gasteiger partial charge is 0.461 e. The van der Waals surface area contributed by atoms with Crippen molar-refractivity contribution < 1.29 is 14.0 Å². The minimum absolute atomic E-state index is 0.128. The molecule has 0 aliphatic rings. The molecule has 4 rings (SSSR count). The molecule has 9 nitrogen and oxygen atoms in total. The van der Waals surface area contributed by atoms with Gasteiger partial charge >= 0.3 is 5.69 Å². The zero-order valence-electron chi connectivity index (χ0n) is 18.2. The van der Waals surface area contributed by atoms with E-state index in [-0.39, 0.29) is 41.1 Å². The van der Waals surface area contributed by atoms with Gasteiger partial charge in [0.05, 0.1) is 12.8 Å². The number of aryl methyl sites for hydroxylation is 2. The number of rotatable bonds is 6. The normalized spacial score (nSPS) is 11.4. The number of fused-ring (bicyclic) bond motifs is 1. The second kappa shape index (κ2) is 7.92. The summed E-state index contributed by atoms with van der Waals surface area (Å²) in [4.78, 5) is 47.4. The Bertz CT molecular complexity index is 1410. The van der Waals surface area contributed by atoms with Gasteiger partial charge in [-0.2, -0.15) is 0 Å². The second-order valence-electron chi connectivity index (χ2n) is 7.96. The van der Waals surface area contributed by atoms with Gasteiger partial charge in [-0.3, -0.25) is 18.7 Å². The smallest absolute Gasteiger partial charge is 0.331 e. The minimum atomic E-state index is -0.835. The van der Waals surface area contributed by atoms with Crippen LogP contribution in [0, 0.1) is 13.8 Å². The van der Waals surface area contributed by atoms with Crippen molar-refractivity contribution >= 4 is 22.9 Å². The Labute approximate surface area is 183 Å². The molecular weight excluding hydrogens is 410 g/mol. The Morgan fingerprint density at radius 3 is 2.47 bits per heavy atom. The van der Waals surface area contributed by atoms with Crippen LogP contribution < -0.4 is 11.4 Å². The number of nitrogens with two attached hydrogens (primary N) is 1. The lowest BCUT2D eigenvalue weighted by atomic mass is 10.0. The van der Waals surface area contributed by atoms with Crippen molar-refractivity contribution in [2.24, 2.45) is 5.73 Å². The van der Waals surface area contributed by atoms with Crippen molar-refractivity contribution in [1.82, 2.24) is 19.1 Å². The van der Waals surface area contributed by atoms with E-state index >= 15 is 0 Å². The molecule has 0 saturated carbocycles. The molecule has 0 fully saturated rings. The summed E-state index contributed by atoms with van der Waals surface area (Å²) in [6, 6.07) is 8.38. The van der Waals surface area contributed by atoms with Gasteiger partial charge in [0.15, 0.2) is 28.7 Å². The number of furan rings is 1. The molecule has 0 unspecified atom stereocenters. The van der Waals surface area contributed by atoms with Crippen molar-refractivity contribution in [2.45, 2.75) is 40.3 Å². The van der Waals surface area contributed by atoms with E-state index in [1.54, 1.807) is 24.3 Å². The molecule has 3 aromatic heterocycles. The number of aromatic nitrogens is 4. The topological polar surface area (TPSA) is 126 Å². The average molecular weight is 433 g/mol. The van der Waals surface area contributed by atoms with E-state index in [4.69, 9.17) is 10.2 Å². The fourth-order valence-electron chi connectivity index (χ4n) is 3.63. The molecule has 0 radical (unpaired) electrons. The summed E-state index contributed by atoms with van der Waals surface area (Å²) < 4.78 is 8.00. The van der Waals surface area contributed by atoms with E-state index in [9.17, 15) is 14.4 Å². The van der Waals surface area contributed by atoms with Gasteiger partial charge in [0.1, 0.15) is 5.52 Å².